The Hall–Kier alpha value is -2.53. The van der Waals surface area contributed by atoms with Gasteiger partial charge < -0.3 is 11.1 Å². The van der Waals surface area contributed by atoms with Gasteiger partial charge in [-0.05, 0) is 23.6 Å². The summed E-state index contributed by atoms with van der Waals surface area (Å²) in [6.07, 6.45) is 0.823. The van der Waals surface area contributed by atoms with E-state index in [9.17, 15) is 0 Å². The Balaban J connectivity index is 1.79. The maximum Gasteiger partial charge on any atom is 0.241 e. The molecular formula is C17H16ClN5. The first-order valence-electron chi connectivity index (χ1n) is 7.50. The lowest BCUT2D eigenvalue weighted by Crippen LogP contribution is -2.28. The van der Waals surface area contributed by atoms with E-state index in [-0.39, 0.29) is 18.0 Å². The number of benzene rings is 2. The van der Waals surface area contributed by atoms with Crippen molar-refractivity contribution in [3.8, 4) is 0 Å². The Morgan fingerprint density at radius 2 is 1.83 bits per heavy atom. The minimum absolute atomic E-state index is 0.0602. The number of fused-ring (bicyclic) bond motifs is 1. The molecule has 2 aromatic carbocycles. The van der Waals surface area contributed by atoms with Crippen molar-refractivity contribution in [3.63, 3.8) is 0 Å². The molecule has 2 heterocycles. The Labute approximate surface area is 139 Å². The van der Waals surface area contributed by atoms with E-state index in [0.717, 1.165) is 17.0 Å². The lowest BCUT2D eigenvalue weighted by molar-refractivity contribution is 0.431. The summed E-state index contributed by atoms with van der Waals surface area (Å²) in [6, 6.07) is 18.3. The first-order valence-corrected chi connectivity index (χ1v) is 7.88. The summed E-state index contributed by atoms with van der Waals surface area (Å²) >= 11 is 6.38. The molecule has 0 fully saturated rings. The summed E-state index contributed by atoms with van der Waals surface area (Å²) in [5.74, 6) is 0.945. The average Bonchev–Trinajstić information content (AvgIpc) is 2.95. The Morgan fingerprint density at radius 3 is 2.61 bits per heavy atom. The van der Waals surface area contributed by atoms with Gasteiger partial charge >= 0.3 is 0 Å². The maximum atomic E-state index is 6.38. The predicted octanol–water partition coefficient (Wildman–Crippen LogP) is 3.66. The molecule has 0 unspecified atom stereocenters. The van der Waals surface area contributed by atoms with E-state index in [1.165, 1.54) is 5.56 Å². The van der Waals surface area contributed by atoms with Crippen molar-refractivity contribution in [2.75, 3.05) is 11.1 Å². The summed E-state index contributed by atoms with van der Waals surface area (Å²) < 4.78 is 1.86. The number of aromatic nitrogens is 3. The van der Waals surface area contributed by atoms with Crippen LogP contribution in [-0.4, -0.2) is 14.8 Å². The summed E-state index contributed by atoms with van der Waals surface area (Å²) in [6.45, 7) is 0. The molecule has 6 heteroatoms. The third-order valence-electron chi connectivity index (χ3n) is 4.17. The zero-order valence-electron chi connectivity index (χ0n) is 12.4. The van der Waals surface area contributed by atoms with E-state index in [4.69, 9.17) is 17.3 Å². The standard InChI is InChI=1S/C17H16ClN5/c18-13-9-5-4-8-12(13)14-10-15(11-6-2-1-3-7-11)23-17(20-14)21-16(19)22-23/h1-9,14-15H,10H2,(H3,19,20,21,22)/t14-,15-/m1/s1. The lowest BCUT2D eigenvalue weighted by Gasteiger charge is -2.32. The van der Waals surface area contributed by atoms with Crippen LogP contribution in [0.4, 0.5) is 11.9 Å². The van der Waals surface area contributed by atoms with Crippen molar-refractivity contribution < 1.29 is 0 Å². The first-order chi connectivity index (χ1) is 11.2. The van der Waals surface area contributed by atoms with E-state index >= 15 is 0 Å². The molecule has 116 valence electrons. The van der Waals surface area contributed by atoms with E-state index < -0.39 is 0 Å². The molecule has 0 amide bonds. The SMILES string of the molecule is Nc1nc2n(n1)[C@@H](c1ccccc1)C[C@H](c1ccccc1Cl)N2. The van der Waals surface area contributed by atoms with Crippen LogP contribution >= 0.6 is 11.6 Å². The molecule has 2 atom stereocenters. The fraction of sp³-hybridized carbons (Fsp3) is 0.176. The van der Waals surface area contributed by atoms with Gasteiger partial charge in [-0.3, -0.25) is 0 Å². The van der Waals surface area contributed by atoms with Crippen LogP contribution in [-0.2, 0) is 0 Å². The lowest BCUT2D eigenvalue weighted by atomic mass is 9.93. The normalized spacial score (nSPS) is 19.9. The van der Waals surface area contributed by atoms with Crippen molar-refractivity contribution >= 4 is 23.5 Å². The number of anilines is 2. The van der Waals surface area contributed by atoms with Crippen molar-refractivity contribution in [3.05, 3.63) is 70.7 Å². The van der Waals surface area contributed by atoms with Crippen LogP contribution in [0.2, 0.25) is 5.02 Å². The molecule has 1 aliphatic rings. The van der Waals surface area contributed by atoms with E-state index in [0.29, 0.717) is 5.95 Å². The Bertz CT molecular complexity index is 830. The predicted molar refractivity (Wildman–Crippen MR) is 91.4 cm³/mol. The molecule has 0 radical (unpaired) electrons. The Kier molecular flexibility index (Phi) is 3.42. The number of nitrogens with two attached hydrogens (primary N) is 1. The van der Waals surface area contributed by atoms with Gasteiger partial charge in [0.15, 0.2) is 0 Å². The molecule has 0 aliphatic carbocycles. The molecule has 1 aromatic heterocycles. The minimum atomic E-state index is 0.0602. The molecule has 0 spiro atoms. The fourth-order valence-corrected chi connectivity index (χ4v) is 3.38. The van der Waals surface area contributed by atoms with Crippen LogP contribution in [0.5, 0.6) is 0 Å². The summed E-state index contributed by atoms with van der Waals surface area (Å²) in [4.78, 5) is 4.31. The molecule has 0 bridgehead atoms. The van der Waals surface area contributed by atoms with Crippen molar-refractivity contribution in [2.24, 2.45) is 0 Å². The third-order valence-corrected chi connectivity index (χ3v) is 4.51. The molecule has 3 N–H and O–H groups in total. The quantitative estimate of drug-likeness (QED) is 0.754. The van der Waals surface area contributed by atoms with Gasteiger partial charge in [0.05, 0.1) is 12.1 Å². The number of hydrogen-bond donors (Lipinski definition) is 2. The highest BCUT2D eigenvalue weighted by Gasteiger charge is 2.31. The molecule has 23 heavy (non-hydrogen) atoms. The van der Waals surface area contributed by atoms with Crippen LogP contribution in [0.15, 0.2) is 54.6 Å². The maximum absolute atomic E-state index is 6.38. The number of halogens is 1. The number of rotatable bonds is 2. The number of hydrogen-bond acceptors (Lipinski definition) is 4. The molecule has 4 rings (SSSR count). The fourth-order valence-electron chi connectivity index (χ4n) is 3.11. The average molecular weight is 326 g/mol. The highest BCUT2D eigenvalue weighted by atomic mass is 35.5. The molecule has 0 saturated carbocycles. The van der Waals surface area contributed by atoms with Crippen molar-refractivity contribution in [1.29, 1.82) is 0 Å². The van der Waals surface area contributed by atoms with Gasteiger partial charge in [0.2, 0.25) is 11.9 Å². The first kappa shape index (κ1) is 14.1. The molecule has 1 aliphatic heterocycles. The molecule has 0 saturated heterocycles. The van der Waals surface area contributed by atoms with Crippen LogP contribution in [0.25, 0.3) is 0 Å². The monoisotopic (exact) mass is 325 g/mol. The second-order valence-electron chi connectivity index (χ2n) is 5.62. The van der Waals surface area contributed by atoms with Gasteiger partial charge in [-0.1, -0.05) is 60.1 Å². The molecule has 3 aromatic rings. The second kappa shape index (κ2) is 5.59. The van der Waals surface area contributed by atoms with Gasteiger partial charge in [-0.15, -0.1) is 5.10 Å². The topological polar surface area (TPSA) is 68.8 Å². The zero-order chi connectivity index (χ0) is 15.8. The smallest absolute Gasteiger partial charge is 0.241 e. The van der Waals surface area contributed by atoms with Gasteiger partial charge in [0.1, 0.15) is 0 Å². The molecule has 5 nitrogen and oxygen atoms in total. The number of nitrogen functional groups attached to an aromatic ring is 1. The third kappa shape index (κ3) is 2.53. The van der Waals surface area contributed by atoms with E-state index in [1.807, 2.05) is 47.1 Å². The van der Waals surface area contributed by atoms with Crippen LogP contribution in [0.3, 0.4) is 0 Å². The number of nitrogens with zero attached hydrogens (tertiary/aromatic N) is 3. The van der Waals surface area contributed by atoms with Crippen LogP contribution in [0.1, 0.15) is 29.6 Å². The van der Waals surface area contributed by atoms with E-state index in [2.05, 4.69) is 27.5 Å². The van der Waals surface area contributed by atoms with Crippen LogP contribution < -0.4 is 11.1 Å². The van der Waals surface area contributed by atoms with Gasteiger partial charge in [0.25, 0.3) is 0 Å². The zero-order valence-corrected chi connectivity index (χ0v) is 13.1. The minimum Gasteiger partial charge on any atom is -0.366 e. The number of nitrogens with one attached hydrogen (secondary N) is 1. The summed E-state index contributed by atoms with van der Waals surface area (Å²) in [5, 5.41) is 8.49. The largest absolute Gasteiger partial charge is 0.366 e. The Morgan fingerprint density at radius 1 is 1.09 bits per heavy atom. The highest BCUT2D eigenvalue weighted by molar-refractivity contribution is 6.31. The van der Waals surface area contributed by atoms with Crippen molar-refractivity contribution in [1.82, 2.24) is 14.8 Å². The molecular weight excluding hydrogens is 310 g/mol. The summed E-state index contributed by atoms with van der Waals surface area (Å²) in [5.41, 5.74) is 8.04. The summed E-state index contributed by atoms with van der Waals surface area (Å²) in [7, 11) is 0. The highest BCUT2D eigenvalue weighted by Crippen LogP contribution is 2.39. The van der Waals surface area contributed by atoms with E-state index in [1.54, 1.807) is 0 Å². The second-order valence-corrected chi connectivity index (χ2v) is 6.03. The van der Waals surface area contributed by atoms with Gasteiger partial charge in [-0.2, -0.15) is 4.98 Å². The van der Waals surface area contributed by atoms with Crippen molar-refractivity contribution in [2.45, 2.75) is 18.5 Å². The van der Waals surface area contributed by atoms with Crippen LogP contribution in [0, 0.1) is 0 Å². The van der Waals surface area contributed by atoms with Gasteiger partial charge in [-0.25, -0.2) is 4.68 Å². The van der Waals surface area contributed by atoms with Gasteiger partial charge in [0, 0.05) is 5.02 Å².